The molecule has 23 nitrogen and oxygen atoms in total. The molecule has 5 N–H and O–H groups in total. The Hall–Kier alpha value is -6.34. The second-order valence-electron chi connectivity index (χ2n) is 24.3. The molecule has 0 rings (SSSR count). The standard InChI is InChI=1S/C59H103F3N10O13/c1-23-25-26-37(13)48(85-58(83)59(60,61)62)47(51(76)66-40(24-2)53(78)67(16)31-44(73)84-22)72(21)57(82)46(36(11)12)71(20)54(79)41(28-27-32(3)4)68(17)55(80)43(30-34(7)8)70(19)52(77)39(15)65-49(74)38(14)64-50(75)42(29-33(5)6)69(18)56(81)45(63)35(9)10/h23,25,32-43,45-48H,24,26-31,63H2,1-22H3,(H,64,75)(H,65,74)(H,66,76)/b25-23+/t37-,38-,39+,40+,41+,42+,43+,45+,46+,47+,48-/m1/s1. The Morgan fingerprint density at radius 1 is 0.541 bits per heavy atom. The van der Waals surface area contributed by atoms with Crippen LogP contribution in [0.2, 0.25) is 0 Å². The number of hydrogen-bond acceptors (Lipinski definition) is 14. The number of likely N-dealkylation sites (N-methyl/N-ethyl adjacent to an activating group) is 6. The summed E-state index contributed by atoms with van der Waals surface area (Å²) < 4.78 is 51.9. The van der Waals surface area contributed by atoms with E-state index in [2.05, 4.69) is 20.7 Å². The van der Waals surface area contributed by atoms with Crippen LogP contribution in [0.5, 0.6) is 0 Å². The second-order valence-corrected chi connectivity index (χ2v) is 24.3. The lowest BCUT2D eigenvalue weighted by atomic mass is 9.91. The van der Waals surface area contributed by atoms with Gasteiger partial charge in [0.05, 0.1) is 13.2 Å². The molecule has 0 aliphatic rings. The number of alkyl halides is 3. The van der Waals surface area contributed by atoms with Gasteiger partial charge in [0.25, 0.3) is 0 Å². The lowest BCUT2D eigenvalue weighted by molar-refractivity contribution is -0.210. The number of rotatable bonds is 34. The van der Waals surface area contributed by atoms with Crippen molar-refractivity contribution < 1.29 is 75.4 Å². The van der Waals surface area contributed by atoms with Crippen LogP contribution in [-0.4, -0.2) is 217 Å². The fraction of sp³-hybridized carbons (Fsp3) is 0.780. The topological polar surface area (TPSA) is 288 Å². The van der Waals surface area contributed by atoms with E-state index in [1.54, 1.807) is 46.8 Å². The van der Waals surface area contributed by atoms with Crippen LogP contribution in [0.4, 0.5) is 13.2 Å². The predicted molar refractivity (Wildman–Crippen MR) is 315 cm³/mol. The van der Waals surface area contributed by atoms with Gasteiger partial charge >= 0.3 is 18.1 Å². The molecule has 0 aromatic rings. The quantitative estimate of drug-likeness (QED) is 0.0525. The van der Waals surface area contributed by atoms with Gasteiger partial charge in [-0.2, -0.15) is 13.2 Å². The minimum atomic E-state index is -5.55. The monoisotopic (exact) mass is 1220 g/mol. The number of carbonyl (C=O) groups excluding carboxylic acids is 11. The number of esters is 2. The molecular weight excluding hydrogens is 1110 g/mol. The Morgan fingerprint density at radius 3 is 1.48 bits per heavy atom. The molecule has 85 heavy (non-hydrogen) atoms. The zero-order chi connectivity index (χ0) is 66.5. The molecule has 9 amide bonds. The molecule has 0 fully saturated rings. The maximum absolute atomic E-state index is 15.2. The maximum atomic E-state index is 15.2. The van der Waals surface area contributed by atoms with Gasteiger partial charge in [-0.15, -0.1) is 0 Å². The number of hydrogen-bond donors (Lipinski definition) is 4. The fourth-order valence-electron chi connectivity index (χ4n) is 9.56. The number of halogens is 3. The van der Waals surface area contributed by atoms with E-state index in [0.29, 0.717) is 6.42 Å². The van der Waals surface area contributed by atoms with E-state index < -0.39 is 150 Å². The first-order valence-electron chi connectivity index (χ1n) is 29.3. The van der Waals surface area contributed by atoms with Crippen LogP contribution < -0.4 is 21.7 Å². The molecule has 26 heteroatoms. The van der Waals surface area contributed by atoms with Crippen LogP contribution in [0, 0.1) is 35.5 Å². The molecular formula is C59H103F3N10O13. The van der Waals surface area contributed by atoms with Crippen molar-refractivity contribution in [2.75, 3.05) is 55.9 Å². The van der Waals surface area contributed by atoms with E-state index in [0.717, 1.165) is 28.9 Å². The summed E-state index contributed by atoms with van der Waals surface area (Å²) in [5.41, 5.74) is 6.13. The predicted octanol–water partition coefficient (Wildman–Crippen LogP) is 3.90. The summed E-state index contributed by atoms with van der Waals surface area (Å²) in [5, 5.41) is 7.76. The summed E-state index contributed by atoms with van der Waals surface area (Å²) >= 11 is 0. The van der Waals surface area contributed by atoms with E-state index in [1.165, 1.54) is 77.6 Å². The Morgan fingerprint density at radius 2 is 1.02 bits per heavy atom. The van der Waals surface area contributed by atoms with Gasteiger partial charge in [-0.05, 0) is 94.8 Å². The van der Waals surface area contributed by atoms with E-state index >= 15 is 9.59 Å². The first kappa shape index (κ1) is 78.7. The molecule has 0 unspecified atom stereocenters. The first-order chi connectivity index (χ1) is 39.1. The fourth-order valence-corrected chi connectivity index (χ4v) is 9.56. The van der Waals surface area contributed by atoms with Crippen molar-refractivity contribution in [1.29, 1.82) is 0 Å². The van der Waals surface area contributed by atoms with Crippen molar-refractivity contribution in [3.63, 3.8) is 0 Å². The number of allylic oxidation sites excluding steroid dienone is 2. The molecule has 0 saturated carbocycles. The van der Waals surface area contributed by atoms with Crippen LogP contribution in [0.3, 0.4) is 0 Å². The molecule has 0 aromatic carbocycles. The highest BCUT2D eigenvalue weighted by Gasteiger charge is 2.50. The first-order valence-corrected chi connectivity index (χ1v) is 29.3. The van der Waals surface area contributed by atoms with Crippen LogP contribution in [-0.2, 0) is 62.2 Å². The Kier molecular flexibility index (Phi) is 33.3. The molecule has 0 bridgehead atoms. The summed E-state index contributed by atoms with van der Waals surface area (Å²) in [6.07, 6.45) is -3.80. The van der Waals surface area contributed by atoms with Gasteiger partial charge in [-0.1, -0.05) is 95.2 Å². The highest BCUT2D eigenvalue weighted by molar-refractivity contribution is 5.98. The summed E-state index contributed by atoms with van der Waals surface area (Å²) in [4.78, 5) is 160. The SMILES string of the molecule is C/C=C/C[C@@H](C)[C@@H](OC(=O)C(F)(F)F)[C@@H](C(=O)N[C@@H](CC)C(=O)N(C)CC(=O)OC)N(C)C(=O)[C@H](C(C)C)N(C)C(=O)[C@H](CCC(C)C)N(C)C(=O)[C@H](CC(C)C)N(C)C(=O)[C@H](C)NC(=O)[C@@H](C)NC(=O)[C@H](CC(C)C)N(C)C(=O)[C@@H](N)C(C)C. The molecule has 0 aliphatic heterocycles. The molecule has 0 radical (unpaired) electrons. The molecule has 0 heterocycles. The number of amides is 9. The van der Waals surface area contributed by atoms with Gasteiger partial charge in [0.2, 0.25) is 53.2 Å². The Bertz CT molecular complexity index is 2300. The van der Waals surface area contributed by atoms with Crippen LogP contribution in [0.1, 0.15) is 142 Å². The minimum Gasteiger partial charge on any atom is -0.468 e. The summed E-state index contributed by atoms with van der Waals surface area (Å²) in [6.45, 7) is 24.7. The van der Waals surface area contributed by atoms with Gasteiger partial charge in [-0.25, -0.2) is 4.79 Å². The van der Waals surface area contributed by atoms with E-state index in [1.807, 2.05) is 41.5 Å². The van der Waals surface area contributed by atoms with E-state index in [4.69, 9.17) is 10.5 Å². The zero-order valence-electron chi connectivity index (χ0n) is 54.5. The van der Waals surface area contributed by atoms with E-state index in [-0.39, 0.29) is 55.8 Å². The maximum Gasteiger partial charge on any atom is 0.490 e. The van der Waals surface area contributed by atoms with Crippen molar-refractivity contribution in [1.82, 2.24) is 45.3 Å². The van der Waals surface area contributed by atoms with Crippen molar-refractivity contribution in [3.8, 4) is 0 Å². The van der Waals surface area contributed by atoms with Gasteiger partial charge in [-0.3, -0.25) is 47.9 Å². The van der Waals surface area contributed by atoms with Crippen molar-refractivity contribution in [2.45, 2.75) is 209 Å². The lowest BCUT2D eigenvalue weighted by Crippen LogP contribution is -2.64. The number of carbonyl (C=O) groups is 11. The highest BCUT2D eigenvalue weighted by Crippen LogP contribution is 2.28. The van der Waals surface area contributed by atoms with Crippen LogP contribution in [0.15, 0.2) is 12.2 Å². The summed E-state index contributed by atoms with van der Waals surface area (Å²) in [6, 6.07) is -11.8. The summed E-state index contributed by atoms with van der Waals surface area (Å²) in [7, 11) is 8.99. The van der Waals surface area contributed by atoms with Crippen molar-refractivity contribution in [3.05, 3.63) is 12.2 Å². The molecule has 0 spiro atoms. The number of ether oxygens (including phenoxy) is 2. The van der Waals surface area contributed by atoms with Crippen LogP contribution in [0.25, 0.3) is 0 Å². The second kappa shape index (κ2) is 36.0. The van der Waals surface area contributed by atoms with Crippen molar-refractivity contribution >= 4 is 65.1 Å². The smallest absolute Gasteiger partial charge is 0.468 e. The normalized spacial score (nSPS) is 15.8. The third-order valence-electron chi connectivity index (χ3n) is 15.0. The number of nitrogens with one attached hydrogen (secondary N) is 3. The number of nitrogens with two attached hydrogens (primary N) is 1. The summed E-state index contributed by atoms with van der Waals surface area (Å²) in [5.74, 6) is -12.7. The lowest BCUT2D eigenvalue weighted by Gasteiger charge is -2.42. The molecule has 0 saturated heterocycles. The number of methoxy groups -OCH3 is 1. The molecule has 488 valence electrons. The van der Waals surface area contributed by atoms with Gasteiger partial charge < -0.3 is 60.6 Å². The number of nitrogens with zero attached hydrogens (tertiary/aromatic N) is 6. The van der Waals surface area contributed by atoms with Gasteiger partial charge in [0.15, 0.2) is 0 Å². The average Bonchev–Trinajstić information content (AvgIpc) is 2.16. The average molecular weight is 1220 g/mol. The minimum absolute atomic E-state index is 0.0166. The third-order valence-corrected chi connectivity index (χ3v) is 15.0. The molecule has 0 aliphatic carbocycles. The van der Waals surface area contributed by atoms with Gasteiger partial charge in [0.1, 0.15) is 61.0 Å². The van der Waals surface area contributed by atoms with Crippen LogP contribution >= 0.6 is 0 Å². The van der Waals surface area contributed by atoms with E-state index in [9.17, 15) is 56.3 Å². The Labute approximate surface area is 502 Å². The highest BCUT2D eigenvalue weighted by atomic mass is 19.4. The molecule has 11 atom stereocenters. The largest absolute Gasteiger partial charge is 0.490 e. The van der Waals surface area contributed by atoms with Crippen molar-refractivity contribution in [2.24, 2.45) is 41.2 Å². The Balaban J connectivity index is 7.47. The zero-order valence-corrected chi connectivity index (χ0v) is 54.5. The third kappa shape index (κ3) is 23.8. The molecule has 0 aromatic heterocycles. The van der Waals surface area contributed by atoms with Gasteiger partial charge in [0, 0.05) is 42.3 Å².